The summed E-state index contributed by atoms with van der Waals surface area (Å²) in [6.45, 7) is 6.59. The molecule has 3 N–H and O–H groups in total. The summed E-state index contributed by atoms with van der Waals surface area (Å²) < 4.78 is 0. The van der Waals surface area contributed by atoms with E-state index in [0.717, 1.165) is 0 Å². The molecule has 3 heteroatoms. The maximum Gasteiger partial charge on any atom is 0.0774 e. The van der Waals surface area contributed by atoms with Gasteiger partial charge in [-0.05, 0) is 0 Å². The van der Waals surface area contributed by atoms with Crippen LogP contribution in [0.2, 0.25) is 0 Å². The average Bonchev–Trinajstić information content (AvgIpc) is 2.12. The third kappa shape index (κ3) is 2.77. The molecule has 0 heterocycles. The molecule has 1 unspecified atom stereocenters. The van der Waals surface area contributed by atoms with Crippen molar-refractivity contribution in [2.45, 2.75) is 6.10 Å². The summed E-state index contributed by atoms with van der Waals surface area (Å²) in [6, 6.07) is 0. The van der Waals surface area contributed by atoms with E-state index in [1.807, 2.05) is 0 Å². The van der Waals surface area contributed by atoms with Crippen molar-refractivity contribution in [3.8, 4) is 0 Å². The van der Waals surface area contributed by atoms with Crippen LogP contribution < -0.4 is 0 Å². The topological polar surface area (TPSA) is 60.7 Å². The Bertz CT molecular complexity index is 145. The van der Waals surface area contributed by atoms with Gasteiger partial charge in [0.25, 0.3) is 0 Å². The van der Waals surface area contributed by atoms with Crippen LogP contribution in [0.3, 0.4) is 0 Å². The second-order valence-corrected chi connectivity index (χ2v) is 2.65. The summed E-state index contributed by atoms with van der Waals surface area (Å²) in [5.41, 5.74) is 0. The standard InChI is InChI=1S/C9H16O3/c1-3-7(5-10)8(6-11)9(12)4-2/h3-4,7-12H,1-2,5-6H2/t7-,8-,9?/m1/s1. The number of hydrogen-bond acceptors (Lipinski definition) is 3. The molecule has 0 radical (unpaired) electrons. The van der Waals surface area contributed by atoms with E-state index >= 15 is 0 Å². The van der Waals surface area contributed by atoms with Crippen LogP contribution >= 0.6 is 0 Å². The zero-order valence-corrected chi connectivity index (χ0v) is 7.06. The van der Waals surface area contributed by atoms with Gasteiger partial charge in [-0.1, -0.05) is 12.2 Å². The summed E-state index contributed by atoms with van der Waals surface area (Å²) in [6.07, 6.45) is 2.06. The quantitative estimate of drug-likeness (QED) is 0.492. The molecule has 0 saturated carbocycles. The molecular weight excluding hydrogens is 156 g/mol. The summed E-state index contributed by atoms with van der Waals surface area (Å²) in [7, 11) is 0. The maximum atomic E-state index is 9.31. The zero-order chi connectivity index (χ0) is 9.56. The van der Waals surface area contributed by atoms with Gasteiger partial charge in [-0.2, -0.15) is 0 Å². The Labute approximate surface area is 72.7 Å². The fourth-order valence-corrected chi connectivity index (χ4v) is 1.06. The lowest BCUT2D eigenvalue weighted by Crippen LogP contribution is -2.30. The summed E-state index contributed by atoms with van der Waals surface area (Å²) >= 11 is 0. The van der Waals surface area contributed by atoms with Gasteiger partial charge in [-0.3, -0.25) is 0 Å². The third-order valence-electron chi connectivity index (χ3n) is 1.95. The van der Waals surface area contributed by atoms with Gasteiger partial charge in [0.05, 0.1) is 6.10 Å². The minimum absolute atomic E-state index is 0.125. The highest BCUT2D eigenvalue weighted by molar-refractivity contribution is 4.93. The molecule has 3 nitrogen and oxygen atoms in total. The van der Waals surface area contributed by atoms with Crippen molar-refractivity contribution in [2.75, 3.05) is 13.2 Å². The lowest BCUT2D eigenvalue weighted by atomic mass is 9.89. The first-order valence-electron chi connectivity index (χ1n) is 3.86. The van der Waals surface area contributed by atoms with Crippen LogP contribution in [0.4, 0.5) is 0 Å². The second-order valence-electron chi connectivity index (χ2n) is 2.65. The van der Waals surface area contributed by atoms with Crippen LogP contribution in [0.25, 0.3) is 0 Å². The summed E-state index contributed by atoms with van der Waals surface area (Å²) in [4.78, 5) is 0. The predicted octanol–water partition coefficient (Wildman–Crippen LogP) is -0.0637. The molecular formula is C9H16O3. The molecule has 3 atom stereocenters. The zero-order valence-electron chi connectivity index (χ0n) is 7.06. The van der Waals surface area contributed by atoms with Crippen LogP contribution in [0.5, 0.6) is 0 Å². The van der Waals surface area contributed by atoms with Crippen molar-refractivity contribution in [1.82, 2.24) is 0 Å². The maximum absolute atomic E-state index is 9.31. The molecule has 0 aliphatic carbocycles. The molecule has 0 aromatic carbocycles. The molecule has 0 bridgehead atoms. The molecule has 70 valence electrons. The first kappa shape index (κ1) is 11.4. The van der Waals surface area contributed by atoms with Crippen molar-refractivity contribution in [3.63, 3.8) is 0 Å². The Kier molecular flexibility index (Phi) is 5.62. The molecule has 0 amide bonds. The summed E-state index contributed by atoms with van der Waals surface area (Å²) in [5.74, 6) is -0.701. The van der Waals surface area contributed by atoms with E-state index in [2.05, 4.69) is 13.2 Å². The normalized spacial score (nSPS) is 17.9. The average molecular weight is 172 g/mol. The number of hydrogen-bond donors (Lipinski definition) is 3. The van der Waals surface area contributed by atoms with Crippen molar-refractivity contribution >= 4 is 0 Å². The van der Waals surface area contributed by atoms with Gasteiger partial charge in [0, 0.05) is 25.0 Å². The van der Waals surface area contributed by atoms with E-state index < -0.39 is 12.0 Å². The largest absolute Gasteiger partial charge is 0.396 e. The highest BCUT2D eigenvalue weighted by Crippen LogP contribution is 2.17. The van der Waals surface area contributed by atoms with Gasteiger partial charge < -0.3 is 15.3 Å². The predicted molar refractivity (Wildman–Crippen MR) is 47.6 cm³/mol. The molecule has 0 saturated heterocycles. The van der Waals surface area contributed by atoms with Gasteiger partial charge in [-0.15, -0.1) is 13.2 Å². The third-order valence-corrected chi connectivity index (χ3v) is 1.95. The van der Waals surface area contributed by atoms with E-state index in [0.29, 0.717) is 0 Å². The van der Waals surface area contributed by atoms with Crippen LogP contribution in [-0.2, 0) is 0 Å². The second kappa shape index (κ2) is 5.94. The minimum Gasteiger partial charge on any atom is -0.396 e. The number of aliphatic hydroxyl groups excluding tert-OH is 3. The summed E-state index contributed by atoms with van der Waals surface area (Å²) in [5, 5.41) is 27.1. The molecule has 0 aliphatic heterocycles. The molecule has 0 spiro atoms. The first-order valence-corrected chi connectivity index (χ1v) is 3.86. The SMILES string of the molecule is C=CC(O)[C@H](CO)[C@H](C=C)CO. The number of rotatable bonds is 6. The monoisotopic (exact) mass is 172 g/mol. The molecule has 0 fully saturated rings. The van der Waals surface area contributed by atoms with E-state index in [-0.39, 0.29) is 19.1 Å². The fourth-order valence-electron chi connectivity index (χ4n) is 1.06. The van der Waals surface area contributed by atoms with Crippen LogP contribution in [0.1, 0.15) is 0 Å². The Balaban J connectivity index is 4.28. The van der Waals surface area contributed by atoms with Crippen LogP contribution in [0, 0.1) is 11.8 Å². The Hall–Kier alpha value is -0.640. The smallest absolute Gasteiger partial charge is 0.0774 e. The van der Waals surface area contributed by atoms with Crippen molar-refractivity contribution in [1.29, 1.82) is 0 Å². The number of aliphatic hydroxyl groups is 3. The van der Waals surface area contributed by atoms with Gasteiger partial charge in [0.2, 0.25) is 0 Å². The lowest BCUT2D eigenvalue weighted by Gasteiger charge is -2.23. The molecule has 12 heavy (non-hydrogen) atoms. The molecule has 0 aromatic heterocycles. The van der Waals surface area contributed by atoms with Gasteiger partial charge in [0.1, 0.15) is 0 Å². The lowest BCUT2D eigenvalue weighted by molar-refractivity contribution is 0.0552. The highest BCUT2D eigenvalue weighted by atomic mass is 16.3. The van der Waals surface area contributed by atoms with E-state index in [9.17, 15) is 5.11 Å². The Morgan fingerprint density at radius 1 is 1.08 bits per heavy atom. The van der Waals surface area contributed by atoms with Gasteiger partial charge >= 0.3 is 0 Å². The van der Waals surface area contributed by atoms with Crippen LogP contribution in [0.15, 0.2) is 25.3 Å². The first-order chi connectivity index (χ1) is 5.71. The van der Waals surface area contributed by atoms with E-state index in [1.165, 1.54) is 12.2 Å². The molecule has 0 rings (SSSR count). The van der Waals surface area contributed by atoms with Crippen molar-refractivity contribution in [3.05, 3.63) is 25.3 Å². The molecule has 0 aromatic rings. The minimum atomic E-state index is -0.801. The van der Waals surface area contributed by atoms with Crippen molar-refractivity contribution in [2.24, 2.45) is 11.8 Å². The van der Waals surface area contributed by atoms with Gasteiger partial charge in [0.15, 0.2) is 0 Å². The van der Waals surface area contributed by atoms with Crippen LogP contribution in [-0.4, -0.2) is 34.6 Å². The van der Waals surface area contributed by atoms with Gasteiger partial charge in [-0.25, -0.2) is 0 Å². The fraction of sp³-hybridized carbons (Fsp3) is 0.556. The van der Waals surface area contributed by atoms with E-state index in [1.54, 1.807) is 0 Å². The van der Waals surface area contributed by atoms with Crippen molar-refractivity contribution < 1.29 is 15.3 Å². The Morgan fingerprint density at radius 2 is 1.67 bits per heavy atom. The molecule has 0 aliphatic rings. The Morgan fingerprint density at radius 3 is 1.92 bits per heavy atom. The van der Waals surface area contributed by atoms with E-state index in [4.69, 9.17) is 10.2 Å². The highest BCUT2D eigenvalue weighted by Gasteiger charge is 2.22.